The van der Waals surface area contributed by atoms with Crippen molar-refractivity contribution in [1.29, 1.82) is 0 Å². The molecule has 3 atom stereocenters. The third-order valence-corrected chi connectivity index (χ3v) is 9.73. The summed E-state index contributed by atoms with van der Waals surface area (Å²) in [6.07, 6.45) is -0.912. The number of thiazole rings is 1. The van der Waals surface area contributed by atoms with Crippen molar-refractivity contribution in [2.24, 2.45) is 5.16 Å². The van der Waals surface area contributed by atoms with Gasteiger partial charge in [0.25, 0.3) is 17.7 Å². The van der Waals surface area contributed by atoms with Crippen LogP contribution in [0.1, 0.15) is 55.3 Å². The molecule has 3 aromatic carbocycles. The van der Waals surface area contributed by atoms with E-state index in [1.807, 2.05) is 0 Å². The molecular weight excluding hydrogens is 733 g/mol. The maximum atomic E-state index is 14.0. The molecule has 1 aliphatic rings. The number of carbonyl (C=O) groups is 4. The number of hydrogen-bond acceptors (Lipinski definition) is 14. The van der Waals surface area contributed by atoms with Crippen LogP contribution in [-0.2, 0) is 39.1 Å². The van der Waals surface area contributed by atoms with Crippen molar-refractivity contribution in [3.8, 4) is 11.5 Å². The third kappa shape index (κ3) is 8.54. The van der Waals surface area contributed by atoms with Crippen LogP contribution >= 0.6 is 11.3 Å². The Labute approximate surface area is 306 Å². The highest BCUT2D eigenvalue weighted by atomic mass is 32.2. The zero-order chi connectivity index (χ0) is 38.7. The van der Waals surface area contributed by atoms with Crippen LogP contribution in [0.2, 0.25) is 0 Å². The molecule has 0 aliphatic carbocycles. The second-order valence-corrected chi connectivity index (χ2v) is 14.4. The fourth-order valence-electron chi connectivity index (χ4n) is 5.19. The molecule has 0 saturated carbocycles. The number of β-lactam (4-membered cyclic amide) rings is 1. The van der Waals surface area contributed by atoms with Crippen molar-refractivity contribution < 1.29 is 51.9 Å². The van der Waals surface area contributed by atoms with E-state index in [1.54, 1.807) is 60.7 Å². The highest BCUT2D eigenvalue weighted by Crippen LogP contribution is 2.32. The van der Waals surface area contributed by atoms with E-state index in [0.717, 1.165) is 23.5 Å². The molecule has 1 unspecified atom stereocenters. The number of nitrogens with two attached hydrogens (primary N) is 1. The molecule has 0 radical (unpaired) electrons. The van der Waals surface area contributed by atoms with Crippen molar-refractivity contribution in [1.82, 2.24) is 19.9 Å². The van der Waals surface area contributed by atoms with Gasteiger partial charge in [0.1, 0.15) is 11.7 Å². The number of anilines is 1. The summed E-state index contributed by atoms with van der Waals surface area (Å²) in [6.45, 7) is 3.82. The molecule has 1 aliphatic heterocycles. The Bertz CT molecular complexity index is 2120. The predicted molar refractivity (Wildman–Crippen MR) is 189 cm³/mol. The second kappa shape index (κ2) is 15.3. The van der Waals surface area contributed by atoms with Crippen molar-refractivity contribution >= 4 is 56.2 Å². The zero-order valence-corrected chi connectivity index (χ0v) is 29.9. The molecule has 53 heavy (non-hydrogen) atoms. The summed E-state index contributed by atoms with van der Waals surface area (Å²) in [5, 5.41) is 30.3. The van der Waals surface area contributed by atoms with Crippen molar-refractivity contribution in [2.75, 3.05) is 5.73 Å². The van der Waals surface area contributed by atoms with Crippen LogP contribution in [0, 0.1) is 0 Å². The predicted octanol–water partition coefficient (Wildman–Crippen LogP) is 2.34. The highest BCUT2D eigenvalue weighted by molar-refractivity contribution is 7.84. The lowest BCUT2D eigenvalue weighted by atomic mass is 10.0. The number of ether oxygens (including phenoxy) is 1. The number of nitrogen functional groups attached to an aromatic ring is 1. The van der Waals surface area contributed by atoms with E-state index in [9.17, 15) is 42.4 Å². The second-order valence-electron chi connectivity index (χ2n) is 12.2. The standard InChI is InChI=1S/C34H34N6O11S2/c1-18-25(30(44)40(18)53(47,48)49)37-29(43)27(22-17-52-33(35)36-22)39-51-34(2,3)32(46)38-26(21-14-15-23(41)24(42)16-21)31(45)50-28(19-10-6-4-7-11-19)20-12-8-5-9-13-20/h4-18,25-26,28,41-42H,1-3H3,(H2,35,36)(H,37,43)(H,38,46)(H,47,48,49)/t18-,25-,26?/m0/s1. The van der Waals surface area contributed by atoms with Gasteiger partial charge in [-0.25, -0.2) is 14.1 Å². The Morgan fingerprint density at radius 1 is 0.981 bits per heavy atom. The van der Waals surface area contributed by atoms with Gasteiger partial charge in [0, 0.05) is 5.38 Å². The first-order chi connectivity index (χ1) is 25.0. The summed E-state index contributed by atoms with van der Waals surface area (Å²) < 4.78 is 38.5. The fourth-order valence-corrected chi connectivity index (χ4v) is 6.62. The summed E-state index contributed by atoms with van der Waals surface area (Å²) in [7, 11) is -4.87. The van der Waals surface area contributed by atoms with E-state index in [4.69, 9.17) is 15.3 Å². The lowest BCUT2D eigenvalue weighted by molar-refractivity contribution is -0.155. The van der Waals surface area contributed by atoms with Gasteiger partial charge in [0.2, 0.25) is 5.60 Å². The van der Waals surface area contributed by atoms with Crippen LogP contribution in [0.4, 0.5) is 5.13 Å². The first kappa shape index (κ1) is 38.2. The van der Waals surface area contributed by atoms with Crippen LogP contribution in [0.5, 0.6) is 11.5 Å². The lowest BCUT2D eigenvalue weighted by Crippen LogP contribution is -2.71. The Morgan fingerprint density at radius 2 is 1.58 bits per heavy atom. The summed E-state index contributed by atoms with van der Waals surface area (Å²) in [5.74, 6) is -5.11. The number of aromatic nitrogens is 1. The first-order valence-electron chi connectivity index (χ1n) is 15.7. The monoisotopic (exact) mass is 766 g/mol. The van der Waals surface area contributed by atoms with E-state index in [2.05, 4.69) is 20.8 Å². The molecule has 1 saturated heterocycles. The molecule has 4 aromatic rings. The molecule has 0 bridgehead atoms. The maximum Gasteiger partial charge on any atom is 0.362 e. The Morgan fingerprint density at radius 3 is 2.09 bits per heavy atom. The minimum Gasteiger partial charge on any atom is -0.504 e. The average molecular weight is 767 g/mol. The van der Waals surface area contributed by atoms with E-state index < -0.39 is 81.0 Å². The van der Waals surface area contributed by atoms with E-state index in [1.165, 1.54) is 32.2 Å². The van der Waals surface area contributed by atoms with Gasteiger partial charge in [-0.05, 0) is 49.6 Å². The minimum atomic E-state index is -4.87. The minimum absolute atomic E-state index is 0.0333. The number of nitrogens with zero attached hydrogens (tertiary/aromatic N) is 3. The molecule has 2 heterocycles. The Kier molecular flexibility index (Phi) is 11.0. The molecule has 5 rings (SSSR count). The number of phenolic OH excluding ortho intramolecular Hbond substituents is 2. The van der Waals surface area contributed by atoms with E-state index >= 15 is 0 Å². The number of aromatic hydroxyl groups is 2. The van der Waals surface area contributed by atoms with Crippen molar-refractivity contribution in [3.63, 3.8) is 0 Å². The normalized spacial score (nSPS) is 16.7. The van der Waals surface area contributed by atoms with Crippen LogP contribution in [0.25, 0.3) is 0 Å². The van der Waals surface area contributed by atoms with Gasteiger partial charge in [-0.15, -0.1) is 11.3 Å². The first-order valence-corrected chi connectivity index (χ1v) is 18.0. The molecule has 7 N–H and O–H groups in total. The number of esters is 1. The number of oxime groups is 1. The molecule has 1 fully saturated rings. The number of benzene rings is 3. The number of nitrogens with one attached hydrogen (secondary N) is 2. The molecule has 1 aromatic heterocycles. The molecule has 17 nitrogen and oxygen atoms in total. The molecule has 19 heteroatoms. The number of phenols is 2. The zero-order valence-electron chi connectivity index (χ0n) is 28.2. The molecule has 3 amide bonds. The summed E-state index contributed by atoms with van der Waals surface area (Å²) in [4.78, 5) is 63.1. The molecular formula is C34H34N6O11S2. The highest BCUT2D eigenvalue weighted by Gasteiger charge is 2.51. The van der Waals surface area contributed by atoms with Gasteiger partial charge in [-0.2, -0.15) is 8.42 Å². The van der Waals surface area contributed by atoms with Crippen molar-refractivity contribution in [3.05, 3.63) is 107 Å². The average Bonchev–Trinajstić information content (AvgIpc) is 3.55. The number of amides is 3. The van der Waals surface area contributed by atoms with Crippen molar-refractivity contribution in [2.45, 2.75) is 50.6 Å². The Hall–Kier alpha value is -6.05. The Balaban J connectivity index is 1.41. The smallest absolute Gasteiger partial charge is 0.362 e. The van der Waals surface area contributed by atoms with Crippen LogP contribution in [-0.4, -0.2) is 79.6 Å². The quantitative estimate of drug-likeness (QED) is 0.0286. The van der Waals surface area contributed by atoms with Gasteiger partial charge < -0.3 is 36.2 Å². The number of hydrogen-bond donors (Lipinski definition) is 6. The van der Waals surface area contributed by atoms with Gasteiger partial charge in [0.05, 0.1) is 6.04 Å². The third-order valence-electron chi connectivity index (χ3n) is 8.04. The summed E-state index contributed by atoms with van der Waals surface area (Å²) in [5.41, 5.74) is 4.44. The summed E-state index contributed by atoms with van der Waals surface area (Å²) >= 11 is 0.940. The topological polar surface area (TPSA) is 260 Å². The van der Waals surface area contributed by atoms with Crippen LogP contribution < -0.4 is 16.4 Å². The SMILES string of the molecule is C[C@H]1[C@H](NC(=O)C(=NOC(C)(C)C(=O)NC(C(=O)OC(c2ccccc2)c2ccccc2)c2ccc(O)c(O)c2)c2csc(N)n2)C(=O)N1S(=O)(=O)O. The largest absolute Gasteiger partial charge is 0.504 e. The maximum absolute atomic E-state index is 14.0. The van der Waals surface area contributed by atoms with Gasteiger partial charge in [-0.3, -0.25) is 18.9 Å². The number of rotatable bonds is 13. The van der Waals surface area contributed by atoms with E-state index in [-0.39, 0.29) is 20.7 Å². The van der Waals surface area contributed by atoms with Gasteiger partial charge in [-0.1, -0.05) is 71.9 Å². The molecule has 0 spiro atoms. The van der Waals surface area contributed by atoms with Crippen LogP contribution in [0.3, 0.4) is 0 Å². The lowest BCUT2D eigenvalue weighted by Gasteiger charge is -2.42. The fraction of sp³-hybridized carbons (Fsp3) is 0.235. The van der Waals surface area contributed by atoms with Gasteiger partial charge in [0.15, 0.2) is 34.5 Å². The summed E-state index contributed by atoms with van der Waals surface area (Å²) in [6, 6.07) is 17.1. The van der Waals surface area contributed by atoms with E-state index in [0.29, 0.717) is 11.1 Å². The van der Waals surface area contributed by atoms with Gasteiger partial charge >= 0.3 is 16.3 Å². The number of carbonyl (C=O) groups excluding carboxylic acids is 4. The molecule has 278 valence electrons. The van der Waals surface area contributed by atoms with Crippen LogP contribution in [0.15, 0.2) is 89.4 Å².